The number of aliphatic carboxylic acids is 1. The second-order valence-corrected chi connectivity index (χ2v) is 3.61. The molecule has 8 heteroatoms. The number of ketones is 1. The first-order chi connectivity index (χ1) is 9.45. The number of carboxylic acids is 1. The van der Waals surface area contributed by atoms with E-state index in [1.807, 2.05) is 0 Å². The average Bonchev–Trinajstić information content (AvgIpc) is 2.35. The van der Waals surface area contributed by atoms with Crippen LogP contribution in [0.25, 0.3) is 0 Å². The molecular formula is C12H11F3O5. The van der Waals surface area contributed by atoms with Gasteiger partial charge in [0.2, 0.25) is 0 Å². The minimum Gasteiger partial charge on any atom is -0.481 e. The fraction of sp³-hybridized carbons (Fsp3) is 0.333. The van der Waals surface area contributed by atoms with Crippen LogP contribution in [0, 0.1) is 0 Å². The molecule has 20 heavy (non-hydrogen) atoms. The van der Waals surface area contributed by atoms with Crippen LogP contribution in [0.5, 0.6) is 5.75 Å². The first kappa shape index (κ1) is 16.0. The standard InChI is InChI=1S/C12H11F3O5/c13-6-19-11(8(16)5-10(17)18)7-3-1-2-4-9(7)20-12(14)15/h1-4,11-12H,5-6H2,(H,17,18). The highest BCUT2D eigenvalue weighted by atomic mass is 19.3. The predicted molar refractivity (Wildman–Crippen MR) is 60.1 cm³/mol. The van der Waals surface area contributed by atoms with Gasteiger partial charge < -0.3 is 14.6 Å². The van der Waals surface area contributed by atoms with Crippen LogP contribution >= 0.6 is 0 Å². The first-order valence-electron chi connectivity index (χ1n) is 5.41. The van der Waals surface area contributed by atoms with Gasteiger partial charge in [0, 0.05) is 5.56 Å². The second kappa shape index (κ2) is 7.49. The van der Waals surface area contributed by atoms with Crippen LogP contribution in [0.1, 0.15) is 18.1 Å². The molecule has 0 aromatic heterocycles. The molecule has 0 aliphatic rings. The molecule has 0 saturated carbocycles. The van der Waals surface area contributed by atoms with Gasteiger partial charge in [0.1, 0.15) is 18.3 Å². The quantitative estimate of drug-likeness (QED) is 0.744. The zero-order valence-electron chi connectivity index (χ0n) is 10.1. The van der Waals surface area contributed by atoms with Gasteiger partial charge in [0.05, 0.1) is 0 Å². The van der Waals surface area contributed by atoms with Crippen molar-refractivity contribution in [1.29, 1.82) is 0 Å². The van der Waals surface area contributed by atoms with Crippen molar-refractivity contribution in [1.82, 2.24) is 0 Å². The topological polar surface area (TPSA) is 72.8 Å². The van der Waals surface area contributed by atoms with Crippen molar-refractivity contribution in [3.63, 3.8) is 0 Å². The van der Waals surface area contributed by atoms with Crippen molar-refractivity contribution in [3.05, 3.63) is 29.8 Å². The first-order valence-corrected chi connectivity index (χ1v) is 5.41. The van der Waals surface area contributed by atoms with E-state index < -0.39 is 37.7 Å². The predicted octanol–water partition coefficient (Wildman–Crippen LogP) is 2.32. The Morgan fingerprint density at radius 3 is 2.45 bits per heavy atom. The maximum absolute atomic E-state index is 12.3. The molecule has 0 heterocycles. The molecule has 0 fully saturated rings. The monoisotopic (exact) mass is 292 g/mol. The molecule has 0 saturated heterocycles. The highest BCUT2D eigenvalue weighted by Crippen LogP contribution is 2.30. The zero-order valence-corrected chi connectivity index (χ0v) is 10.1. The highest BCUT2D eigenvalue weighted by Gasteiger charge is 2.27. The molecule has 0 amide bonds. The summed E-state index contributed by atoms with van der Waals surface area (Å²) < 4.78 is 45.5. The van der Waals surface area contributed by atoms with Gasteiger partial charge in [-0.05, 0) is 6.07 Å². The lowest BCUT2D eigenvalue weighted by Gasteiger charge is -2.18. The molecule has 1 atom stereocenters. The van der Waals surface area contributed by atoms with Gasteiger partial charge in [-0.15, -0.1) is 0 Å². The third kappa shape index (κ3) is 4.54. The number of hydrogen-bond acceptors (Lipinski definition) is 4. The zero-order chi connectivity index (χ0) is 15.1. The van der Waals surface area contributed by atoms with Gasteiger partial charge in [-0.2, -0.15) is 8.78 Å². The number of carbonyl (C=O) groups excluding carboxylic acids is 1. The molecule has 1 aromatic carbocycles. The number of benzene rings is 1. The molecule has 0 aliphatic heterocycles. The lowest BCUT2D eigenvalue weighted by Crippen LogP contribution is -2.20. The van der Waals surface area contributed by atoms with E-state index in [9.17, 15) is 22.8 Å². The summed E-state index contributed by atoms with van der Waals surface area (Å²) in [5.41, 5.74) is -0.156. The van der Waals surface area contributed by atoms with E-state index in [-0.39, 0.29) is 11.3 Å². The molecule has 1 rings (SSSR count). The minimum absolute atomic E-state index is 0.156. The Labute approximate surface area is 111 Å². The van der Waals surface area contributed by atoms with E-state index in [2.05, 4.69) is 9.47 Å². The molecule has 110 valence electrons. The minimum atomic E-state index is -3.14. The lowest BCUT2D eigenvalue weighted by molar-refractivity contribution is -0.145. The maximum atomic E-state index is 12.3. The van der Waals surface area contributed by atoms with E-state index in [1.54, 1.807) is 0 Å². The molecule has 0 radical (unpaired) electrons. The summed E-state index contributed by atoms with van der Waals surface area (Å²) in [6.45, 7) is -4.52. The lowest BCUT2D eigenvalue weighted by atomic mass is 10.0. The smallest absolute Gasteiger partial charge is 0.387 e. The van der Waals surface area contributed by atoms with Crippen molar-refractivity contribution in [3.8, 4) is 5.75 Å². The summed E-state index contributed by atoms with van der Waals surface area (Å²) >= 11 is 0. The third-order valence-corrected chi connectivity index (χ3v) is 2.27. The van der Waals surface area contributed by atoms with Crippen molar-refractivity contribution in [2.75, 3.05) is 6.86 Å². The van der Waals surface area contributed by atoms with Crippen LogP contribution in [-0.4, -0.2) is 30.3 Å². The summed E-state index contributed by atoms with van der Waals surface area (Å²) in [7, 11) is 0. The number of hydrogen-bond donors (Lipinski definition) is 1. The molecular weight excluding hydrogens is 281 g/mol. The van der Waals surface area contributed by atoms with Crippen LogP contribution < -0.4 is 4.74 Å². The molecule has 0 aliphatic carbocycles. The van der Waals surface area contributed by atoms with E-state index in [0.717, 1.165) is 6.07 Å². The van der Waals surface area contributed by atoms with Crippen LogP contribution in [-0.2, 0) is 14.3 Å². The second-order valence-electron chi connectivity index (χ2n) is 3.61. The Kier molecular flexibility index (Phi) is 5.98. The van der Waals surface area contributed by atoms with Crippen LogP contribution in [0.4, 0.5) is 13.2 Å². The summed E-state index contributed by atoms with van der Waals surface area (Å²) in [5.74, 6) is -2.78. The van der Waals surface area contributed by atoms with Gasteiger partial charge in [-0.1, -0.05) is 18.2 Å². The average molecular weight is 292 g/mol. The maximum Gasteiger partial charge on any atom is 0.387 e. The Morgan fingerprint density at radius 1 is 1.25 bits per heavy atom. The molecule has 1 unspecified atom stereocenters. The van der Waals surface area contributed by atoms with Gasteiger partial charge in [-0.25, -0.2) is 4.39 Å². The van der Waals surface area contributed by atoms with E-state index in [0.29, 0.717) is 0 Å². The number of alkyl halides is 3. The SMILES string of the molecule is O=C(O)CC(=O)C(OCF)c1ccccc1OC(F)F. The summed E-state index contributed by atoms with van der Waals surface area (Å²) in [4.78, 5) is 22.2. The summed E-state index contributed by atoms with van der Waals surface area (Å²) in [6, 6.07) is 5.13. The van der Waals surface area contributed by atoms with Crippen molar-refractivity contribution < 1.29 is 37.3 Å². The van der Waals surface area contributed by atoms with Crippen LogP contribution in [0.3, 0.4) is 0 Å². The molecule has 1 N–H and O–H groups in total. The number of para-hydroxylation sites is 1. The van der Waals surface area contributed by atoms with E-state index in [4.69, 9.17) is 5.11 Å². The van der Waals surface area contributed by atoms with Crippen molar-refractivity contribution >= 4 is 11.8 Å². The highest BCUT2D eigenvalue weighted by molar-refractivity contribution is 5.98. The van der Waals surface area contributed by atoms with Crippen LogP contribution in [0.15, 0.2) is 24.3 Å². The number of Topliss-reactive ketones (excluding diaryl/α,β-unsaturated/α-hetero) is 1. The number of ether oxygens (including phenoxy) is 2. The third-order valence-electron chi connectivity index (χ3n) is 2.27. The largest absolute Gasteiger partial charge is 0.481 e. The number of halogens is 3. The van der Waals surface area contributed by atoms with Gasteiger partial charge >= 0.3 is 12.6 Å². The van der Waals surface area contributed by atoms with E-state index in [1.165, 1.54) is 18.2 Å². The number of carboxylic acid groups (broad SMARTS) is 1. The fourth-order valence-corrected chi connectivity index (χ4v) is 1.56. The Bertz CT molecular complexity index is 478. The van der Waals surface area contributed by atoms with Crippen molar-refractivity contribution in [2.45, 2.75) is 19.1 Å². The van der Waals surface area contributed by atoms with Crippen molar-refractivity contribution in [2.24, 2.45) is 0 Å². The van der Waals surface area contributed by atoms with Gasteiger partial charge in [0.25, 0.3) is 0 Å². The van der Waals surface area contributed by atoms with Gasteiger partial charge in [-0.3, -0.25) is 9.59 Å². The number of carbonyl (C=O) groups is 2. The molecule has 0 spiro atoms. The normalized spacial score (nSPS) is 12.2. The summed E-state index contributed by atoms with van der Waals surface area (Å²) in [6.07, 6.45) is -2.54. The molecule has 5 nitrogen and oxygen atoms in total. The van der Waals surface area contributed by atoms with Crippen LogP contribution in [0.2, 0.25) is 0 Å². The Hall–Kier alpha value is -2.09. The summed E-state index contributed by atoms with van der Waals surface area (Å²) in [5, 5.41) is 8.54. The molecule has 1 aromatic rings. The Morgan fingerprint density at radius 2 is 1.90 bits per heavy atom. The number of rotatable bonds is 8. The van der Waals surface area contributed by atoms with Gasteiger partial charge in [0.15, 0.2) is 12.6 Å². The van der Waals surface area contributed by atoms with E-state index >= 15 is 0 Å². The Balaban J connectivity index is 3.07. The fourth-order valence-electron chi connectivity index (χ4n) is 1.56. The molecule has 0 bridgehead atoms.